The Labute approximate surface area is 134 Å². The molecule has 0 spiro atoms. The Bertz CT molecular complexity index is 877. The fourth-order valence-electron chi connectivity index (χ4n) is 2.18. The number of para-hydroxylation sites is 1. The number of aliphatic hydroxyl groups is 1. The first kappa shape index (κ1) is 15.7. The molecule has 0 unspecified atom stereocenters. The highest BCUT2D eigenvalue weighted by molar-refractivity contribution is 7.86. The van der Waals surface area contributed by atoms with Gasteiger partial charge in [0.25, 0.3) is 10.1 Å². The smallest absolute Gasteiger partial charge is 0.297 e. The van der Waals surface area contributed by atoms with Crippen molar-refractivity contribution in [1.82, 2.24) is 0 Å². The minimum atomic E-state index is -3.91. The van der Waals surface area contributed by atoms with Gasteiger partial charge in [-0.15, -0.1) is 0 Å². The summed E-state index contributed by atoms with van der Waals surface area (Å²) in [6, 6.07) is 15.3. The molecule has 1 N–H and O–H groups in total. The molecule has 3 aromatic rings. The first-order valence-electron chi connectivity index (χ1n) is 7.08. The van der Waals surface area contributed by atoms with Crippen molar-refractivity contribution in [2.45, 2.75) is 17.9 Å². The van der Waals surface area contributed by atoms with Crippen LogP contribution in [0.3, 0.4) is 0 Å². The van der Waals surface area contributed by atoms with Gasteiger partial charge >= 0.3 is 0 Å². The molecular formula is C17H16O5S. The summed E-state index contributed by atoms with van der Waals surface area (Å²) in [7, 11) is -3.91. The van der Waals surface area contributed by atoms with Gasteiger partial charge in [0.2, 0.25) is 0 Å². The third-order valence-corrected chi connectivity index (χ3v) is 4.76. The van der Waals surface area contributed by atoms with Gasteiger partial charge in [-0.2, -0.15) is 8.42 Å². The van der Waals surface area contributed by atoms with Crippen molar-refractivity contribution >= 4 is 21.1 Å². The molecule has 0 aliphatic heterocycles. The normalized spacial score (nSPS) is 13.3. The topological polar surface area (TPSA) is 76.7 Å². The molecule has 0 aliphatic carbocycles. The molecule has 0 fully saturated rings. The van der Waals surface area contributed by atoms with Crippen LogP contribution in [-0.2, 0) is 14.3 Å². The van der Waals surface area contributed by atoms with Crippen LogP contribution >= 0.6 is 0 Å². The predicted octanol–water partition coefficient (Wildman–Crippen LogP) is 3.18. The zero-order valence-corrected chi connectivity index (χ0v) is 13.3. The van der Waals surface area contributed by atoms with E-state index in [2.05, 4.69) is 0 Å². The van der Waals surface area contributed by atoms with Crippen molar-refractivity contribution in [3.63, 3.8) is 0 Å². The lowest BCUT2D eigenvalue weighted by Crippen LogP contribution is -2.13. The molecule has 6 heteroatoms. The van der Waals surface area contributed by atoms with E-state index in [0.29, 0.717) is 5.58 Å². The molecule has 1 atom stereocenters. The van der Waals surface area contributed by atoms with E-state index in [9.17, 15) is 13.5 Å². The van der Waals surface area contributed by atoms with E-state index in [0.717, 1.165) is 10.9 Å². The Morgan fingerprint density at radius 3 is 2.52 bits per heavy atom. The van der Waals surface area contributed by atoms with E-state index in [1.807, 2.05) is 25.1 Å². The lowest BCUT2D eigenvalue weighted by Gasteiger charge is -2.09. The Kier molecular flexibility index (Phi) is 4.21. The Hall–Kier alpha value is -2.15. The van der Waals surface area contributed by atoms with Crippen LogP contribution in [0.25, 0.3) is 11.0 Å². The number of rotatable bonds is 5. The van der Waals surface area contributed by atoms with E-state index in [-0.39, 0.29) is 10.7 Å². The summed E-state index contributed by atoms with van der Waals surface area (Å²) in [6.45, 7) is 1.46. The summed E-state index contributed by atoms with van der Waals surface area (Å²) in [5.41, 5.74) is 1.58. The monoisotopic (exact) mass is 332 g/mol. The van der Waals surface area contributed by atoms with E-state index in [1.165, 1.54) is 12.1 Å². The number of hydrogen-bond acceptors (Lipinski definition) is 5. The van der Waals surface area contributed by atoms with Crippen LogP contribution in [0.1, 0.15) is 17.4 Å². The standard InChI is InChI=1S/C17H16O5S/c1-12-6-8-14(9-7-12)23(19,20)21-11-15(18)17-10-13-4-2-3-5-16(13)22-17/h2-10,15,18H,11H2,1H3/t15-/m0/s1. The fourth-order valence-corrected chi connectivity index (χ4v) is 3.09. The molecule has 2 aromatic carbocycles. The van der Waals surface area contributed by atoms with Crippen LogP contribution in [0.15, 0.2) is 63.9 Å². The SMILES string of the molecule is Cc1ccc(S(=O)(=O)OC[C@H](O)c2cc3ccccc3o2)cc1. The van der Waals surface area contributed by atoms with Crippen molar-refractivity contribution < 1.29 is 22.1 Å². The van der Waals surface area contributed by atoms with Crippen LogP contribution < -0.4 is 0 Å². The first-order chi connectivity index (χ1) is 11.0. The van der Waals surface area contributed by atoms with Gasteiger partial charge in [0.1, 0.15) is 17.4 Å². The highest BCUT2D eigenvalue weighted by Crippen LogP contribution is 2.25. The van der Waals surface area contributed by atoms with Crippen molar-refractivity contribution in [3.05, 3.63) is 65.9 Å². The summed E-state index contributed by atoms with van der Waals surface area (Å²) >= 11 is 0. The van der Waals surface area contributed by atoms with Gasteiger partial charge in [0, 0.05) is 5.39 Å². The van der Waals surface area contributed by atoms with E-state index < -0.39 is 22.8 Å². The van der Waals surface area contributed by atoms with Crippen LogP contribution in [0.5, 0.6) is 0 Å². The Morgan fingerprint density at radius 1 is 1.13 bits per heavy atom. The van der Waals surface area contributed by atoms with Gasteiger partial charge < -0.3 is 9.52 Å². The van der Waals surface area contributed by atoms with Gasteiger partial charge in [0.05, 0.1) is 11.5 Å². The van der Waals surface area contributed by atoms with Gasteiger partial charge in [0.15, 0.2) is 0 Å². The van der Waals surface area contributed by atoms with Crippen molar-refractivity contribution in [3.8, 4) is 0 Å². The maximum absolute atomic E-state index is 12.1. The summed E-state index contributed by atoms with van der Waals surface area (Å²) < 4.78 is 34.6. The molecule has 23 heavy (non-hydrogen) atoms. The molecule has 3 rings (SSSR count). The third-order valence-electron chi connectivity index (χ3n) is 3.46. The molecule has 0 saturated heterocycles. The van der Waals surface area contributed by atoms with Crippen molar-refractivity contribution in [1.29, 1.82) is 0 Å². The second kappa shape index (κ2) is 6.16. The predicted molar refractivity (Wildman–Crippen MR) is 85.5 cm³/mol. The lowest BCUT2D eigenvalue weighted by atomic mass is 10.2. The highest BCUT2D eigenvalue weighted by atomic mass is 32.2. The summed E-state index contributed by atoms with van der Waals surface area (Å²) in [5.74, 6) is 0.269. The number of aryl methyl sites for hydroxylation is 1. The Balaban J connectivity index is 1.72. The van der Waals surface area contributed by atoms with Gasteiger partial charge in [-0.3, -0.25) is 4.18 Å². The zero-order valence-electron chi connectivity index (χ0n) is 12.5. The average Bonchev–Trinajstić information content (AvgIpc) is 2.97. The van der Waals surface area contributed by atoms with E-state index >= 15 is 0 Å². The molecule has 0 radical (unpaired) electrons. The van der Waals surface area contributed by atoms with Crippen molar-refractivity contribution in [2.24, 2.45) is 0 Å². The number of furan rings is 1. The van der Waals surface area contributed by atoms with Gasteiger partial charge in [-0.25, -0.2) is 0 Å². The molecule has 0 saturated carbocycles. The minimum absolute atomic E-state index is 0.0555. The van der Waals surface area contributed by atoms with Gasteiger partial charge in [-0.05, 0) is 31.2 Å². The largest absolute Gasteiger partial charge is 0.458 e. The Morgan fingerprint density at radius 2 is 1.83 bits per heavy atom. The molecule has 0 aliphatic rings. The number of fused-ring (bicyclic) bond motifs is 1. The summed E-state index contributed by atoms with van der Waals surface area (Å²) in [4.78, 5) is 0.0555. The van der Waals surface area contributed by atoms with Crippen LogP contribution in [-0.4, -0.2) is 20.1 Å². The van der Waals surface area contributed by atoms with E-state index in [1.54, 1.807) is 24.3 Å². The second-order valence-corrected chi connectivity index (χ2v) is 6.87. The number of hydrogen-bond donors (Lipinski definition) is 1. The first-order valence-corrected chi connectivity index (χ1v) is 8.49. The molecule has 1 heterocycles. The molecule has 120 valence electrons. The molecule has 0 bridgehead atoms. The number of aliphatic hydroxyl groups excluding tert-OH is 1. The maximum atomic E-state index is 12.1. The molecule has 5 nitrogen and oxygen atoms in total. The fraction of sp³-hybridized carbons (Fsp3) is 0.176. The summed E-state index contributed by atoms with van der Waals surface area (Å²) in [6.07, 6.45) is -1.16. The molecule has 1 aromatic heterocycles. The molecular weight excluding hydrogens is 316 g/mol. The van der Waals surface area contributed by atoms with Crippen LogP contribution in [0.2, 0.25) is 0 Å². The van der Waals surface area contributed by atoms with E-state index in [4.69, 9.17) is 8.60 Å². The van der Waals surface area contributed by atoms with Crippen LogP contribution in [0.4, 0.5) is 0 Å². The minimum Gasteiger partial charge on any atom is -0.458 e. The molecule has 0 amide bonds. The quantitative estimate of drug-likeness (QED) is 0.726. The maximum Gasteiger partial charge on any atom is 0.297 e. The highest BCUT2D eigenvalue weighted by Gasteiger charge is 2.20. The third kappa shape index (κ3) is 3.44. The number of benzene rings is 2. The van der Waals surface area contributed by atoms with Gasteiger partial charge in [-0.1, -0.05) is 35.9 Å². The zero-order chi connectivity index (χ0) is 16.4. The average molecular weight is 332 g/mol. The second-order valence-electron chi connectivity index (χ2n) is 5.25. The summed E-state index contributed by atoms with van der Waals surface area (Å²) in [5, 5.41) is 10.9. The van der Waals surface area contributed by atoms with Crippen molar-refractivity contribution in [2.75, 3.05) is 6.61 Å². The van der Waals surface area contributed by atoms with Crippen LogP contribution in [0, 0.1) is 6.92 Å². The lowest BCUT2D eigenvalue weighted by molar-refractivity contribution is 0.0932.